The first-order valence-electron chi connectivity index (χ1n) is 5.43. The highest BCUT2D eigenvalue weighted by Crippen LogP contribution is 2.27. The van der Waals surface area contributed by atoms with E-state index in [4.69, 9.17) is 23.2 Å². The molecule has 0 amide bonds. The number of carbonyl (C=O) groups is 1. The number of carbonyl (C=O) groups excluding carboxylic acids is 1. The van der Waals surface area contributed by atoms with Crippen LogP contribution in [-0.2, 0) is 0 Å². The van der Waals surface area contributed by atoms with E-state index < -0.39 is 5.82 Å². The molecule has 0 aliphatic carbocycles. The monoisotopic (exact) mass is 314 g/mol. The molecule has 98 valence electrons. The number of rotatable bonds is 4. The van der Waals surface area contributed by atoms with Crippen molar-refractivity contribution in [3.05, 3.63) is 63.9 Å². The molecule has 0 bridgehead atoms. The zero-order valence-electron chi connectivity index (χ0n) is 9.70. The van der Waals surface area contributed by atoms with Crippen LogP contribution in [0.1, 0.15) is 10.4 Å². The third-order valence-electron chi connectivity index (χ3n) is 2.38. The van der Waals surface area contributed by atoms with Gasteiger partial charge in [0.2, 0.25) is 0 Å². The lowest BCUT2D eigenvalue weighted by atomic mass is 10.1. The average Bonchev–Trinajstić information content (AvgIpc) is 2.35. The summed E-state index contributed by atoms with van der Waals surface area (Å²) in [5.41, 5.74) is 0.100. The van der Waals surface area contributed by atoms with Crippen LogP contribution in [0.3, 0.4) is 0 Å². The van der Waals surface area contributed by atoms with Crippen molar-refractivity contribution in [1.82, 2.24) is 0 Å². The Hall–Kier alpha value is -1.03. The lowest BCUT2D eigenvalue weighted by molar-refractivity contribution is 0.101. The van der Waals surface area contributed by atoms with Gasteiger partial charge in [0, 0.05) is 14.9 Å². The molecule has 19 heavy (non-hydrogen) atoms. The molecule has 0 fully saturated rings. The second-order valence-electron chi connectivity index (χ2n) is 3.80. The van der Waals surface area contributed by atoms with Crippen molar-refractivity contribution in [3.63, 3.8) is 0 Å². The van der Waals surface area contributed by atoms with Crippen molar-refractivity contribution < 1.29 is 9.18 Å². The molecule has 0 heterocycles. The first-order chi connectivity index (χ1) is 9.06. The van der Waals surface area contributed by atoms with Gasteiger partial charge < -0.3 is 0 Å². The number of benzene rings is 2. The van der Waals surface area contributed by atoms with Gasteiger partial charge in [-0.1, -0.05) is 35.3 Å². The Labute approximate surface area is 124 Å². The highest BCUT2D eigenvalue weighted by atomic mass is 35.5. The summed E-state index contributed by atoms with van der Waals surface area (Å²) in [6.45, 7) is 0. The molecule has 1 nitrogen and oxygen atoms in total. The molecular formula is C14H9Cl2FOS. The van der Waals surface area contributed by atoms with Crippen LogP contribution in [0.25, 0.3) is 0 Å². The van der Waals surface area contributed by atoms with E-state index in [1.54, 1.807) is 30.3 Å². The van der Waals surface area contributed by atoms with Crippen LogP contribution >= 0.6 is 35.0 Å². The molecule has 0 unspecified atom stereocenters. The lowest BCUT2D eigenvalue weighted by Crippen LogP contribution is -2.04. The van der Waals surface area contributed by atoms with Gasteiger partial charge in [0.1, 0.15) is 5.82 Å². The van der Waals surface area contributed by atoms with Crippen molar-refractivity contribution in [2.75, 3.05) is 5.75 Å². The van der Waals surface area contributed by atoms with E-state index in [2.05, 4.69) is 0 Å². The molecule has 0 saturated carbocycles. The van der Waals surface area contributed by atoms with Crippen molar-refractivity contribution in [2.24, 2.45) is 0 Å². The normalized spacial score (nSPS) is 10.5. The maximum absolute atomic E-state index is 13.4. The van der Waals surface area contributed by atoms with Gasteiger partial charge in [0.05, 0.1) is 11.3 Å². The second-order valence-corrected chi connectivity index (χ2v) is 5.72. The van der Waals surface area contributed by atoms with Gasteiger partial charge in [-0.3, -0.25) is 4.79 Å². The van der Waals surface area contributed by atoms with E-state index in [0.717, 1.165) is 4.90 Å². The van der Waals surface area contributed by atoms with Crippen LogP contribution < -0.4 is 0 Å². The predicted octanol–water partition coefficient (Wildman–Crippen LogP) is 5.11. The van der Waals surface area contributed by atoms with Gasteiger partial charge in [-0.25, -0.2) is 4.39 Å². The Morgan fingerprint density at radius 2 is 1.74 bits per heavy atom. The summed E-state index contributed by atoms with van der Waals surface area (Å²) in [4.78, 5) is 12.7. The van der Waals surface area contributed by atoms with E-state index in [1.807, 2.05) is 0 Å². The molecule has 0 radical (unpaired) electrons. The van der Waals surface area contributed by atoms with Crippen LogP contribution in [0.2, 0.25) is 10.0 Å². The fraction of sp³-hybridized carbons (Fsp3) is 0.0714. The quantitative estimate of drug-likeness (QED) is 0.576. The molecule has 0 aliphatic heterocycles. The van der Waals surface area contributed by atoms with E-state index in [0.29, 0.717) is 10.0 Å². The summed E-state index contributed by atoms with van der Waals surface area (Å²) in [6.07, 6.45) is 0. The van der Waals surface area contributed by atoms with Gasteiger partial charge in [0.15, 0.2) is 5.78 Å². The summed E-state index contributed by atoms with van der Waals surface area (Å²) in [7, 11) is 0. The highest BCUT2D eigenvalue weighted by Gasteiger charge is 2.11. The van der Waals surface area contributed by atoms with Gasteiger partial charge >= 0.3 is 0 Å². The zero-order valence-corrected chi connectivity index (χ0v) is 12.0. The molecule has 2 aromatic carbocycles. The van der Waals surface area contributed by atoms with Gasteiger partial charge in [0.25, 0.3) is 0 Å². The van der Waals surface area contributed by atoms with Crippen molar-refractivity contribution >= 4 is 40.7 Å². The average molecular weight is 315 g/mol. The van der Waals surface area contributed by atoms with Crippen LogP contribution in [0, 0.1) is 5.82 Å². The van der Waals surface area contributed by atoms with Crippen LogP contribution in [0.5, 0.6) is 0 Å². The highest BCUT2D eigenvalue weighted by molar-refractivity contribution is 8.00. The molecule has 0 saturated heterocycles. The van der Waals surface area contributed by atoms with Crippen molar-refractivity contribution in [3.8, 4) is 0 Å². The minimum atomic E-state index is -0.503. The fourth-order valence-corrected chi connectivity index (χ4v) is 3.06. The summed E-state index contributed by atoms with van der Waals surface area (Å²) in [5, 5.41) is 1.02. The van der Waals surface area contributed by atoms with E-state index in [1.165, 1.54) is 23.9 Å². The number of Topliss-reactive ketones (excluding diaryl/α,β-unsaturated/α-hetero) is 1. The Balaban J connectivity index is 2.07. The first-order valence-corrected chi connectivity index (χ1v) is 7.17. The molecule has 5 heteroatoms. The standard InChI is InChI=1S/C14H9Cl2FOS/c15-9-5-10(16)7-11(6-9)19-8-14(18)12-3-1-2-4-13(12)17/h1-7H,8H2. The van der Waals surface area contributed by atoms with E-state index in [9.17, 15) is 9.18 Å². The third kappa shape index (κ3) is 3.96. The number of hydrogen-bond donors (Lipinski definition) is 0. The molecule has 0 atom stereocenters. The largest absolute Gasteiger partial charge is 0.293 e. The SMILES string of the molecule is O=C(CSc1cc(Cl)cc(Cl)c1)c1ccccc1F. The summed E-state index contributed by atoms with van der Waals surface area (Å²) in [6, 6.07) is 11.0. The molecular weight excluding hydrogens is 306 g/mol. The molecule has 2 aromatic rings. The van der Waals surface area contributed by atoms with Crippen molar-refractivity contribution in [1.29, 1.82) is 0 Å². The number of hydrogen-bond acceptors (Lipinski definition) is 2. The molecule has 0 aliphatic rings. The molecule has 2 rings (SSSR count). The second kappa shape index (κ2) is 6.42. The zero-order chi connectivity index (χ0) is 13.8. The molecule has 0 spiro atoms. The maximum atomic E-state index is 13.4. The summed E-state index contributed by atoms with van der Waals surface area (Å²) >= 11 is 13.0. The van der Waals surface area contributed by atoms with Gasteiger partial charge in [-0.2, -0.15) is 0 Å². The predicted molar refractivity (Wildman–Crippen MR) is 77.9 cm³/mol. The number of ketones is 1. The van der Waals surface area contributed by atoms with E-state index in [-0.39, 0.29) is 17.1 Å². The lowest BCUT2D eigenvalue weighted by Gasteiger charge is -2.04. The smallest absolute Gasteiger partial charge is 0.176 e. The van der Waals surface area contributed by atoms with E-state index >= 15 is 0 Å². The van der Waals surface area contributed by atoms with Crippen LogP contribution in [-0.4, -0.2) is 11.5 Å². The Morgan fingerprint density at radius 1 is 1.11 bits per heavy atom. The first kappa shape index (κ1) is 14.4. The number of thioether (sulfide) groups is 1. The maximum Gasteiger partial charge on any atom is 0.176 e. The minimum absolute atomic E-state index is 0.100. The summed E-state index contributed by atoms with van der Waals surface area (Å²) < 4.78 is 13.4. The topological polar surface area (TPSA) is 17.1 Å². The third-order valence-corrected chi connectivity index (χ3v) is 3.79. The van der Waals surface area contributed by atoms with Gasteiger partial charge in [-0.15, -0.1) is 11.8 Å². The van der Waals surface area contributed by atoms with Gasteiger partial charge in [-0.05, 0) is 30.3 Å². The minimum Gasteiger partial charge on any atom is -0.293 e. The van der Waals surface area contributed by atoms with Crippen molar-refractivity contribution in [2.45, 2.75) is 4.90 Å². The number of halogens is 3. The van der Waals surface area contributed by atoms with Crippen LogP contribution in [0.4, 0.5) is 4.39 Å². The summed E-state index contributed by atoms with van der Waals surface area (Å²) in [5.74, 6) is -0.631. The molecule has 0 aromatic heterocycles. The Kier molecular flexibility index (Phi) is 4.86. The fourth-order valence-electron chi connectivity index (χ4n) is 1.53. The Morgan fingerprint density at radius 3 is 2.37 bits per heavy atom. The van der Waals surface area contributed by atoms with Crippen LogP contribution in [0.15, 0.2) is 47.4 Å². The molecule has 0 N–H and O–H groups in total. The Bertz CT molecular complexity index is 596.